The number of halogens is 1. The van der Waals surface area contributed by atoms with E-state index in [-0.39, 0.29) is 10.6 Å². The molecule has 126 valence electrons. The molecule has 0 heterocycles. The van der Waals surface area contributed by atoms with Crippen LogP contribution in [0.15, 0.2) is 58.5 Å². The van der Waals surface area contributed by atoms with Crippen molar-refractivity contribution in [3.05, 3.63) is 59.1 Å². The number of hydrazone groups is 1. The minimum Gasteiger partial charge on any atom is -0.452 e. The molecule has 2 aromatic rings. The van der Waals surface area contributed by atoms with E-state index in [1.807, 2.05) is 0 Å². The van der Waals surface area contributed by atoms with E-state index < -0.39 is 16.2 Å². The largest absolute Gasteiger partial charge is 0.452 e. The predicted octanol–water partition coefficient (Wildman–Crippen LogP) is 2.80. The SMILES string of the molecule is COC(=O)N/N=C/c1ccc(OS(=O)(=O)c2ccc(Cl)cc2)cc1. The lowest BCUT2D eigenvalue weighted by Gasteiger charge is -2.07. The molecule has 0 saturated carbocycles. The first kappa shape index (κ1) is 17.8. The summed E-state index contributed by atoms with van der Waals surface area (Å²) in [6.07, 6.45) is 0.675. The number of carbonyl (C=O) groups is 1. The van der Waals surface area contributed by atoms with Crippen molar-refractivity contribution in [2.75, 3.05) is 7.11 Å². The summed E-state index contributed by atoms with van der Waals surface area (Å²) in [5.41, 5.74) is 2.76. The highest BCUT2D eigenvalue weighted by Crippen LogP contribution is 2.20. The molecule has 9 heteroatoms. The number of carbonyl (C=O) groups excluding carboxylic acids is 1. The van der Waals surface area contributed by atoms with Crippen LogP contribution in [0.1, 0.15) is 5.56 Å². The minimum absolute atomic E-state index is 0.000169. The second kappa shape index (κ2) is 7.80. The van der Waals surface area contributed by atoms with E-state index in [2.05, 4.69) is 15.3 Å². The van der Waals surface area contributed by atoms with Gasteiger partial charge in [-0.25, -0.2) is 10.2 Å². The molecule has 0 aromatic heterocycles. The fourth-order valence-electron chi connectivity index (χ4n) is 1.59. The van der Waals surface area contributed by atoms with Crippen LogP contribution in [-0.4, -0.2) is 27.8 Å². The molecule has 0 bridgehead atoms. The maximum Gasteiger partial charge on any atom is 0.427 e. The Kier molecular flexibility index (Phi) is 5.78. The van der Waals surface area contributed by atoms with Gasteiger partial charge in [-0.05, 0) is 54.1 Å². The van der Waals surface area contributed by atoms with Gasteiger partial charge in [0.05, 0.1) is 13.3 Å². The Labute approximate surface area is 144 Å². The van der Waals surface area contributed by atoms with E-state index in [4.69, 9.17) is 15.8 Å². The maximum absolute atomic E-state index is 12.1. The van der Waals surface area contributed by atoms with E-state index in [9.17, 15) is 13.2 Å². The van der Waals surface area contributed by atoms with Crippen molar-refractivity contribution in [1.29, 1.82) is 0 Å². The summed E-state index contributed by atoms with van der Waals surface area (Å²) in [5.74, 6) is 0.142. The fraction of sp³-hybridized carbons (Fsp3) is 0.0667. The molecule has 7 nitrogen and oxygen atoms in total. The van der Waals surface area contributed by atoms with E-state index in [1.54, 1.807) is 12.1 Å². The van der Waals surface area contributed by atoms with Gasteiger partial charge in [-0.3, -0.25) is 0 Å². The van der Waals surface area contributed by atoms with Crippen molar-refractivity contribution in [2.45, 2.75) is 4.90 Å². The highest BCUT2D eigenvalue weighted by Gasteiger charge is 2.16. The van der Waals surface area contributed by atoms with Crippen LogP contribution in [-0.2, 0) is 14.9 Å². The third-order valence-corrected chi connectivity index (χ3v) is 4.26. The average molecular weight is 369 g/mol. The van der Waals surface area contributed by atoms with Crippen LogP contribution in [0.4, 0.5) is 4.79 Å². The lowest BCUT2D eigenvalue weighted by atomic mass is 10.2. The standard InChI is InChI=1S/C15H13ClN2O5S/c1-22-15(19)18-17-10-11-2-6-13(7-3-11)23-24(20,21)14-8-4-12(16)5-9-14/h2-10H,1H3,(H,18,19)/b17-10+. The Morgan fingerprint density at radius 3 is 2.33 bits per heavy atom. The summed E-state index contributed by atoms with van der Waals surface area (Å²) in [6, 6.07) is 11.7. The first-order valence-electron chi connectivity index (χ1n) is 6.58. The molecule has 24 heavy (non-hydrogen) atoms. The van der Waals surface area contributed by atoms with Gasteiger partial charge in [-0.2, -0.15) is 13.5 Å². The monoisotopic (exact) mass is 368 g/mol. The molecule has 0 saturated heterocycles. The summed E-state index contributed by atoms with van der Waals surface area (Å²) in [7, 11) is -2.72. The highest BCUT2D eigenvalue weighted by atomic mass is 35.5. The van der Waals surface area contributed by atoms with E-state index >= 15 is 0 Å². The van der Waals surface area contributed by atoms with Gasteiger partial charge >= 0.3 is 16.2 Å². The average Bonchev–Trinajstić information content (AvgIpc) is 2.56. The van der Waals surface area contributed by atoms with Gasteiger partial charge in [0, 0.05) is 5.02 Å². The fourth-order valence-corrected chi connectivity index (χ4v) is 2.65. The number of methoxy groups -OCH3 is 1. The lowest BCUT2D eigenvalue weighted by Crippen LogP contribution is -2.16. The van der Waals surface area contributed by atoms with Crippen LogP contribution < -0.4 is 9.61 Å². The topological polar surface area (TPSA) is 94.1 Å². The molecule has 2 aromatic carbocycles. The maximum atomic E-state index is 12.1. The predicted molar refractivity (Wildman–Crippen MR) is 88.8 cm³/mol. The molecule has 0 aliphatic carbocycles. The van der Waals surface area contributed by atoms with Crippen LogP contribution in [0.2, 0.25) is 5.02 Å². The lowest BCUT2D eigenvalue weighted by molar-refractivity contribution is 0.171. The Morgan fingerprint density at radius 1 is 1.12 bits per heavy atom. The molecule has 0 atom stereocenters. The summed E-state index contributed by atoms with van der Waals surface area (Å²) >= 11 is 5.73. The normalized spacial score (nSPS) is 11.2. The highest BCUT2D eigenvalue weighted by molar-refractivity contribution is 7.87. The molecular weight excluding hydrogens is 356 g/mol. The zero-order valence-corrected chi connectivity index (χ0v) is 14.0. The third kappa shape index (κ3) is 4.97. The first-order chi connectivity index (χ1) is 11.4. The molecule has 1 amide bonds. The second-order valence-electron chi connectivity index (χ2n) is 4.42. The number of hydrogen-bond donors (Lipinski definition) is 1. The van der Waals surface area contributed by atoms with Crippen molar-refractivity contribution in [3.8, 4) is 5.75 Å². The number of ether oxygens (including phenoxy) is 1. The molecule has 0 radical (unpaired) electrons. The van der Waals surface area contributed by atoms with Crippen LogP contribution in [0, 0.1) is 0 Å². The van der Waals surface area contributed by atoms with Crippen LogP contribution in [0.3, 0.4) is 0 Å². The summed E-state index contributed by atoms with van der Waals surface area (Å²) in [6.45, 7) is 0. The van der Waals surface area contributed by atoms with Gasteiger partial charge in [0.15, 0.2) is 0 Å². The molecule has 0 unspecified atom stereocenters. The minimum atomic E-state index is -3.94. The van der Waals surface area contributed by atoms with Gasteiger partial charge < -0.3 is 8.92 Å². The van der Waals surface area contributed by atoms with Crippen molar-refractivity contribution in [2.24, 2.45) is 5.10 Å². The van der Waals surface area contributed by atoms with Gasteiger partial charge in [0.2, 0.25) is 0 Å². The number of rotatable bonds is 5. The molecule has 0 fully saturated rings. The Hall–Kier alpha value is -2.58. The number of nitrogens with one attached hydrogen (secondary N) is 1. The van der Waals surface area contributed by atoms with Crippen molar-refractivity contribution in [1.82, 2.24) is 5.43 Å². The smallest absolute Gasteiger partial charge is 0.427 e. The Balaban J connectivity index is 2.05. The van der Waals surface area contributed by atoms with Gasteiger partial charge in [0.25, 0.3) is 0 Å². The summed E-state index contributed by atoms with van der Waals surface area (Å²) in [4.78, 5) is 10.8. The molecule has 2 rings (SSSR count). The first-order valence-corrected chi connectivity index (χ1v) is 8.36. The van der Waals surface area contributed by atoms with Crippen molar-refractivity contribution in [3.63, 3.8) is 0 Å². The van der Waals surface area contributed by atoms with Gasteiger partial charge in [0.1, 0.15) is 10.6 Å². The zero-order valence-electron chi connectivity index (χ0n) is 12.5. The van der Waals surface area contributed by atoms with Crippen LogP contribution in [0.25, 0.3) is 0 Å². The number of nitrogens with zero attached hydrogens (tertiary/aromatic N) is 1. The number of benzene rings is 2. The second-order valence-corrected chi connectivity index (χ2v) is 6.40. The Bertz CT molecular complexity index is 833. The van der Waals surface area contributed by atoms with E-state index in [0.29, 0.717) is 10.6 Å². The Morgan fingerprint density at radius 2 is 1.75 bits per heavy atom. The summed E-state index contributed by atoms with van der Waals surface area (Å²) in [5, 5.41) is 4.08. The third-order valence-electron chi connectivity index (χ3n) is 2.74. The van der Waals surface area contributed by atoms with Crippen molar-refractivity contribution < 1.29 is 22.1 Å². The molecule has 0 spiro atoms. The molecule has 0 aliphatic rings. The molecular formula is C15H13ClN2O5S. The summed E-state index contributed by atoms with van der Waals surface area (Å²) < 4.78 is 33.6. The van der Waals surface area contributed by atoms with Crippen LogP contribution in [0.5, 0.6) is 5.75 Å². The number of hydrogen-bond acceptors (Lipinski definition) is 6. The quantitative estimate of drug-likeness (QED) is 0.497. The van der Waals surface area contributed by atoms with Crippen LogP contribution >= 0.6 is 11.6 Å². The van der Waals surface area contributed by atoms with E-state index in [0.717, 1.165) is 0 Å². The molecule has 1 N–H and O–H groups in total. The molecule has 0 aliphatic heterocycles. The van der Waals surface area contributed by atoms with Gasteiger partial charge in [-0.1, -0.05) is 11.6 Å². The van der Waals surface area contributed by atoms with Crippen molar-refractivity contribution >= 4 is 34.0 Å². The van der Waals surface area contributed by atoms with Gasteiger partial charge in [-0.15, -0.1) is 0 Å². The number of amides is 1. The van der Waals surface area contributed by atoms with E-state index in [1.165, 1.54) is 49.7 Å². The zero-order chi connectivity index (χ0) is 17.6.